The van der Waals surface area contributed by atoms with E-state index in [9.17, 15) is 13.2 Å². The molecule has 0 aliphatic heterocycles. The molecule has 1 unspecified atom stereocenters. The molecule has 0 spiro atoms. The van der Waals surface area contributed by atoms with Gasteiger partial charge in [-0.15, -0.1) is 0 Å². The summed E-state index contributed by atoms with van der Waals surface area (Å²) in [6.45, 7) is 1.63. The van der Waals surface area contributed by atoms with Gasteiger partial charge < -0.3 is 5.73 Å². The molecule has 72 valence electrons. The number of hydrogen-bond acceptors (Lipinski definition) is 1. The summed E-state index contributed by atoms with van der Waals surface area (Å²) in [5.41, 5.74) is 5.88. The summed E-state index contributed by atoms with van der Waals surface area (Å²) >= 11 is 0. The maximum atomic E-state index is 12.8. The smallest absolute Gasteiger partial charge is 0.257 e. The van der Waals surface area contributed by atoms with Crippen LogP contribution in [0.25, 0.3) is 0 Å². The maximum Gasteiger partial charge on any atom is 0.257 e. The Balaban J connectivity index is 3.01. The van der Waals surface area contributed by atoms with E-state index in [0.29, 0.717) is 5.56 Å². The van der Waals surface area contributed by atoms with Crippen molar-refractivity contribution in [1.82, 2.24) is 0 Å². The predicted molar refractivity (Wildman–Crippen MR) is 44.1 cm³/mol. The van der Waals surface area contributed by atoms with Crippen LogP contribution < -0.4 is 5.73 Å². The number of hydrogen-bond donors (Lipinski definition) is 1. The highest BCUT2D eigenvalue weighted by Gasteiger charge is 2.17. The second-order valence-corrected chi connectivity index (χ2v) is 2.92. The van der Waals surface area contributed by atoms with Crippen LogP contribution in [0.5, 0.6) is 0 Å². The molecule has 0 fully saturated rings. The van der Waals surface area contributed by atoms with Gasteiger partial charge in [0.1, 0.15) is 5.82 Å². The molecule has 1 nitrogen and oxygen atoms in total. The summed E-state index contributed by atoms with van der Waals surface area (Å²) < 4.78 is 37.0. The highest BCUT2D eigenvalue weighted by Crippen LogP contribution is 2.19. The lowest BCUT2D eigenvalue weighted by atomic mass is 10.1. The Hall–Kier alpha value is -1.03. The summed E-state index contributed by atoms with van der Waals surface area (Å²) in [5.74, 6) is -0.536. The van der Waals surface area contributed by atoms with Crippen molar-refractivity contribution in [1.29, 1.82) is 0 Å². The van der Waals surface area contributed by atoms with Gasteiger partial charge in [0, 0.05) is 0 Å². The molecule has 1 aromatic rings. The van der Waals surface area contributed by atoms with Crippen LogP contribution in [0.2, 0.25) is 0 Å². The van der Waals surface area contributed by atoms with Crippen LogP contribution in [0.4, 0.5) is 13.2 Å². The highest BCUT2D eigenvalue weighted by atomic mass is 19.3. The molecular formula is C9H10F3N. The van der Waals surface area contributed by atoms with Gasteiger partial charge in [-0.1, -0.05) is 6.07 Å². The van der Waals surface area contributed by atoms with Gasteiger partial charge in [0.15, 0.2) is 0 Å². The van der Waals surface area contributed by atoms with Crippen LogP contribution in [-0.2, 0) is 0 Å². The van der Waals surface area contributed by atoms with Gasteiger partial charge >= 0.3 is 0 Å². The van der Waals surface area contributed by atoms with Crippen LogP contribution in [-0.4, -0.2) is 6.43 Å². The quantitative estimate of drug-likeness (QED) is 0.759. The number of aryl methyl sites for hydroxylation is 1. The molecule has 1 aromatic carbocycles. The first-order valence-electron chi connectivity index (χ1n) is 3.81. The van der Waals surface area contributed by atoms with Gasteiger partial charge in [0.2, 0.25) is 0 Å². The van der Waals surface area contributed by atoms with Gasteiger partial charge in [-0.3, -0.25) is 0 Å². The summed E-state index contributed by atoms with van der Waals surface area (Å²) in [5, 5.41) is 0. The molecule has 0 radical (unpaired) electrons. The van der Waals surface area contributed by atoms with Crippen molar-refractivity contribution >= 4 is 0 Å². The first-order chi connectivity index (χ1) is 6.00. The van der Waals surface area contributed by atoms with Gasteiger partial charge in [0.05, 0.1) is 6.04 Å². The van der Waals surface area contributed by atoms with E-state index >= 15 is 0 Å². The van der Waals surface area contributed by atoms with E-state index in [-0.39, 0.29) is 5.56 Å². The molecular weight excluding hydrogens is 179 g/mol. The molecule has 0 aliphatic carbocycles. The van der Waals surface area contributed by atoms with Crippen molar-refractivity contribution < 1.29 is 13.2 Å². The van der Waals surface area contributed by atoms with E-state index in [1.165, 1.54) is 12.1 Å². The van der Waals surface area contributed by atoms with Crippen molar-refractivity contribution in [3.8, 4) is 0 Å². The number of nitrogens with two attached hydrogens (primary N) is 1. The molecule has 0 amide bonds. The monoisotopic (exact) mass is 189 g/mol. The second-order valence-electron chi connectivity index (χ2n) is 2.92. The van der Waals surface area contributed by atoms with Gasteiger partial charge in [0.25, 0.3) is 6.43 Å². The van der Waals surface area contributed by atoms with Crippen LogP contribution >= 0.6 is 0 Å². The third kappa shape index (κ3) is 2.45. The number of halogens is 3. The Kier molecular flexibility index (Phi) is 2.93. The first kappa shape index (κ1) is 10.1. The largest absolute Gasteiger partial charge is 0.319 e. The lowest BCUT2D eigenvalue weighted by Crippen LogP contribution is -2.19. The van der Waals surface area contributed by atoms with E-state index in [1.807, 2.05) is 0 Å². The molecule has 0 saturated carbocycles. The molecule has 0 aliphatic rings. The Morgan fingerprint density at radius 3 is 2.31 bits per heavy atom. The first-order valence-corrected chi connectivity index (χ1v) is 3.81. The van der Waals surface area contributed by atoms with Crippen molar-refractivity contribution in [3.05, 3.63) is 35.1 Å². The van der Waals surface area contributed by atoms with Crippen molar-refractivity contribution in [2.45, 2.75) is 19.4 Å². The maximum absolute atomic E-state index is 12.8. The molecule has 0 bridgehead atoms. The third-order valence-electron chi connectivity index (χ3n) is 1.72. The normalized spacial score (nSPS) is 13.4. The molecule has 13 heavy (non-hydrogen) atoms. The van der Waals surface area contributed by atoms with E-state index < -0.39 is 18.3 Å². The standard InChI is InChI=1S/C9H10F3N/c1-5-2-6(4-7(10)3-5)8(13)9(11)12/h2-4,8-9H,13H2,1H3. The molecule has 1 rings (SSSR count). The topological polar surface area (TPSA) is 26.0 Å². The van der Waals surface area contributed by atoms with E-state index in [2.05, 4.69) is 0 Å². The minimum atomic E-state index is -2.67. The lowest BCUT2D eigenvalue weighted by molar-refractivity contribution is 0.116. The fourth-order valence-corrected chi connectivity index (χ4v) is 1.10. The average molecular weight is 189 g/mol. The predicted octanol–water partition coefficient (Wildman–Crippen LogP) is 2.40. The summed E-state index contributed by atoms with van der Waals surface area (Å²) in [4.78, 5) is 0. The molecule has 2 N–H and O–H groups in total. The summed E-state index contributed by atoms with van der Waals surface area (Å²) in [7, 11) is 0. The molecule has 4 heteroatoms. The Bertz CT molecular complexity index is 279. The number of alkyl halides is 2. The Morgan fingerprint density at radius 1 is 1.23 bits per heavy atom. The minimum Gasteiger partial charge on any atom is -0.319 e. The Labute approximate surface area is 74.4 Å². The fraction of sp³-hybridized carbons (Fsp3) is 0.333. The van der Waals surface area contributed by atoms with Crippen LogP contribution in [0.1, 0.15) is 17.2 Å². The third-order valence-corrected chi connectivity index (χ3v) is 1.72. The van der Waals surface area contributed by atoms with Crippen LogP contribution in [0, 0.1) is 12.7 Å². The molecule has 1 atom stereocenters. The Morgan fingerprint density at radius 2 is 1.85 bits per heavy atom. The molecule has 0 aromatic heterocycles. The van der Waals surface area contributed by atoms with E-state index in [4.69, 9.17) is 5.73 Å². The summed E-state index contributed by atoms with van der Waals surface area (Å²) in [6.07, 6.45) is -2.67. The van der Waals surface area contributed by atoms with Gasteiger partial charge in [-0.25, -0.2) is 13.2 Å². The van der Waals surface area contributed by atoms with Crippen molar-refractivity contribution in [2.24, 2.45) is 5.73 Å². The minimum absolute atomic E-state index is 0.132. The van der Waals surface area contributed by atoms with Crippen molar-refractivity contribution in [3.63, 3.8) is 0 Å². The van der Waals surface area contributed by atoms with E-state index in [0.717, 1.165) is 6.07 Å². The zero-order valence-electron chi connectivity index (χ0n) is 7.10. The van der Waals surface area contributed by atoms with Crippen LogP contribution in [0.3, 0.4) is 0 Å². The zero-order valence-corrected chi connectivity index (χ0v) is 7.10. The molecule has 0 saturated heterocycles. The SMILES string of the molecule is Cc1cc(F)cc(C(N)C(F)F)c1. The number of benzene rings is 1. The lowest BCUT2D eigenvalue weighted by Gasteiger charge is -2.11. The van der Waals surface area contributed by atoms with E-state index in [1.54, 1.807) is 6.92 Å². The zero-order chi connectivity index (χ0) is 10.0. The van der Waals surface area contributed by atoms with Gasteiger partial charge in [-0.2, -0.15) is 0 Å². The highest BCUT2D eigenvalue weighted by molar-refractivity contribution is 5.26. The van der Waals surface area contributed by atoms with Gasteiger partial charge in [-0.05, 0) is 30.2 Å². The number of rotatable bonds is 2. The van der Waals surface area contributed by atoms with Crippen LogP contribution in [0.15, 0.2) is 18.2 Å². The fourth-order valence-electron chi connectivity index (χ4n) is 1.10. The van der Waals surface area contributed by atoms with Crippen molar-refractivity contribution in [2.75, 3.05) is 0 Å². The summed E-state index contributed by atoms with van der Waals surface area (Å²) in [6, 6.07) is 2.35. The molecule has 0 heterocycles. The average Bonchev–Trinajstić information content (AvgIpc) is 2.01. The second kappa shape index (κ2) is 3.79.